The SMILES string of the molecule is IC12CC(C3COC3)(C1)C2. The first-order valence-electron chi connectivity index (χ1n) is 3.99. The zero-order valence-corrected chi connectivity index (χ0v) is 8.06. The summed E-state index contributed by atoms with van der Waals surface area (Å²) in [5.41, 5.74) is 0.791. The van der Waals surface area contributed by atoms with Gasteiger partial charge in [0, 0.05) is 9.34 Å². The molecule has 4 rings (SSSR count). The van der Waals surface area contributed by atoms with Gasteiger partial charge in [-0.3, -0.25) is 0 Å². The Morgan fingerprint density at radius 3 is 2.10 bits per heavy atom. The Labute approximate surface area is 74.7 Å². The molecule has 2 heteroatoms. The Morgan fingerprint density at radius 1 is 1.20 bits per heavy atom. The van der Waals surface area contributed by atoms with Crippen molar-refractivity contribution in [2.75, 3.05) is 13.2 Å². The zero-order valence-electron chi connectivity index (χ0n) is 5.90. The van der Waals surface area contributed by atoms with Gasteiger partial charge in [-0.1, -0.05) is 22.6 Å². The van der Waals surface area contributed by atoms with E-state index in [4.69, 9.17) is 4.74 Å². The zero-order chi connectivity index (χ0) is 6.82. The van der Waals surface area contributed by atoms with Crippen LogP contribution < -0.4 is 0 Å². The van der Waals surface area contributed by atoms with E-state index in [9.17, 15) is 0 Å². The summed E-state index contributed by atoms with van der Waals surface area (Å²) in [4.78, 5) is 0. The monoisotopic (exact) mass is 250 g/mol. The summed E-state index contributed by atoms with van der Waals surface area (Å²) in [7, 11) is 0. The summed E-state index contributed by atoms with van der Waals surface area (Å²) in [6.45, 7) is 2.12. The van der Waals surface area contributed by atoms with Gasteiger partial charge in [-0.2, -0.15) is 0 Å². The van der Waals surface area contributed by atoms with Crippen molar-refractivity contribution in [3.05, 3.63) is 0 Å². The van der Waals surface area contributed by atoms with Crippen LogP contribution in [-0.4, -0.2) is 16.6 Å². The molecule has 10 heavy (non-hydrogen) atoms. The highest BCUT2D eigenvalue weighted by molar-refractivity contribution is 14.1. The molecule has 1 aliphatic heterocycles. The first-order chi connectivity index (χ1) is 4.73. The van der Waals surface area contributed by atoms with E-state index in [0.29, 0.717) is 0 Å². The number of hydrogen-bond acceptors (Lipinski definition) is 1. The van der Waals surface area contributed by atoms with Gasteiger partial charge < -0.3 is 4.74 Å². The average Bonchev–Trinajstić information content (AvgIpc) is 1.53. The number of alkyl halides is 1. The molecule has 4 fully saturated rings. The second kappa shape index (κ2) is 1.56. The smallest absolute Gasteiger partial charge is 0.0521 e. The molecule has 2 bridgehead atoms. The van der Waals surface area contributed by atoms with E-state index in [1.54, 1.807) is 0 Å². The van der Waals surface area contributed by atoms with Crippen LogP contribution in [0.3, 0.4) is 0 Å². The molecule has 0 aromatic carbocycles. The quantitative estimate of drug-likeness (QED) is 0.510. The highest BCUT2D eigenvalue weighted by atomic mass is 127. The van der Waals surface area contributed by atoms with Gasteiger partial charge in [0.15, 0.2) is 0 Å². The second-order valence-electron chi connectivity index (χ2n) is 4.28. The fourth-order valence-electron chi connectivity index (χ4n) is 2.76. The molecule has 1 nitrogen and oxygen atoms in total. The maximum absolute atomic E-state index is 5.21. The molecule has 3 saturated carbocycles. The van der Waals surface area contributed by atoms with Crippen molar-refractivity contribution in [2.24, 2.45) is 11.3 Å². The molecule has 0 aromatic heterocycles. The van der Waals surface area contributed by atoms with Crippen LogP contribution in [0, 0.1) is 11.3 Å². The Morgan fingerprint density at radius 2 is 1.80 bits per heavy atom. The van der Waals surface area contributed by atoms with E-state index in [-0.39, 0.29) is 0 Å². The highest BCUT2D eigenvalue weighted by Crippen LogP contribution is 2.75. The minimum atomic E-state index is 0.757. The number of halogens is 1. The minimum Gasteiger partial charge on any atom is -0.381 e. The van der Waals surface area contributed by atoms with Crippen molar-refractivity contribution >= 4 is 22.6 Å². The van der Waals surface area contributed by atoms with Gasteiger partial charge in [0.1, 0.15) is 0 Å². The van der Waals surface area contributed by atoms with Crippen LogP contribution in [0.1, 0.15) is 19.3 Å². The molecule has 0 aromatic rings. The van der Waals surface area contributed by atoms with Crippen molar-refractivity contribution in [3.8, 4) is 0 Å². The molecule has 3 aliphatic carbocycles. The molecule has 1 heterocycles. The van der Waals surface area contributed by atoms with E-state index in [0.717, 1.165) is 28.0 Å². The molecule has 0 radical (unpaired) electrons. The van der Waals surface area contributed by atoms with Crippen molar-refractivity contribution in [3.63, 3.8) is 0 Å². The predicted octanol–water partition coefficient (Wildman–Crippen LogP) is 1.99. The van der Waals surface area contributed by atoms with E-state index >= 15 is 0 Å². The van der Waals surface area contributed by atoms with Crippen LogP contribution >= 0.6 is 22.6 Å². The molecule has 56 valence electrons. The summed E-state index contributed by atoms with van der Waals surface area (Å²) >= 11 is 2.64. The minimum absolute atomic E-state index is 0.757. The van der Waals surface area contributed by atoms with E-state index in [1.165, 1.54) is 19.3 Å². The van der Waals surface area contributed by atoms with Gasteiger partial charge in [-0.25, -0.2) is 0 Å². The first-order valence-corrected chi connectivity index (χ1v) is 5.07. The Bertz CT molecular complexity index is 166. The Hall–Kier alpha value is 0.690. The summed E-state index contributed by atoms with van der Waals surface area (Å²) in [6, 6.07) is 0. The van der Waals surface area contributed by atoms with Crippen LogP contribution in [0.15, 0.2) is 0 Å². The Kier molecular flexibility index (Phi) is 0.969. The number of ether oxygens (including phenoxy) is 1. The molecular weight excluding hydrogens is 239 g/mol. The van der Waals surface area contributed by atoms with Crippen molar-refractivity contribution in [1.82, 2.24) is 0 Å². The van der Waals surface area contributed by atoms with E-state index < -0.39 is 0 Å². The fraction of sp³-hybridized carbons (Fsp3) is 1.00. The van der Waals surface area contributed by atoms with Crippen LogP contribution in [0.25, 0.3) is 0 Å². The largest absolute Gasteiger partial charge is 0.381 e. The van der Waals surface area contributed by atoms with Crippen LogP contribution in [0.4, 0.5) is 0 Å². The third-order valence-electron chi connectivity index (χ3n) is 3.51. The van der Waals surface area contributed by atoms with Crippen LogP contribution in [0.2, 0.25) is 0 Å². The summed E-state index contributed by atoms with van der Waals surface area (Å²) in [6.07, 6.45) is 4.48. The van der Waals surface area contributed by atoms with Gasteiger partial charge in [0.2, 0.25) is 0 Å². The predicted molar refractivity (Wildman–Crippen MR) is 47.3 cm³/mol. The lowest BCUT2D eigenvalue weighted by Gasteiger charge is -2.72. The van der Waals surface area contributed by atoms with Gasteiger partial charge in [0.25, 0.3) is 0 Å². The van der Waals surface area contributed by atoms with Crippen LogP contribution in [0.5, 0.6) is 0 Å². The summed E-state index contributed by atoms with van der Waals surface area (Å²) in [5.74, 6) is 0.948. The molecule has 0 N–H and O–H groups in total. The maximum atomic E-state index is 5.21. The third kappa shape index (κ3) is 0.546. The molecular formula is C8H11IO. The standard InChI is InChI=1S/C8H11IO/c9-8-3-7(4-8,5-8)6-1-10-2-6/h6H,1-5H2. The number of rotatable bonds is 1. The topological polar surface area (TPSA) is 9.23 Å². The van der Waals surface area contributed by atoms with Gasteiger partial charge in [-0.15, -0.1) is 0 Å². The lowest BCUT2D eigenvalue weighted by atomic mass is 9.40. The van der Waals surface area contributed by atoms with E-state index in [1.807, 2.05) is 0 Å². The lowest BCUT2D eigenvalue weighted by Crippen LogP contribution is -2.69. The van der Waals surface area contributed by atoms with Crippen LogP contribution in [-0.2, 0) is 4.74 Å². The molecule has 0 spiro atoms. The molecule has 4 aliphatic rings. The average molecular weight is 250 g/mol. The maximum Gasteiger partial charge on any atom is 0.0521 e. The third-order valence-corrected chi connectivity index (χ3v) is 4.65. The Balaban J connectivity index is 1.74. The lowest BCUT2D eigenvalue weighted by molar-refractivity contribution is -0.201. The first kappa shape index (κ1) is 6.23. The summed E-state index contributed by atoms with van der Waals surface area (Å²) < 4.78 is 5.97. The summed E-state index contributed by atoms with van der Waals surface area (Å²) in [5, 5.41) is 0. The molecule has 0 amide bonds. The van der Waals surface area contributed by atoms with Crippen molar-refractivity contribution < 1.29 is 4.74 Å². The molecule has 1 saturated heterocycles. The second-order valence-corrected chi connectivity index (χ2v) is 6.57. The highest BCUT2D eigenvalue weighted by Gasteiger charge is 2.69. The number of hydrogen-bond donors (Lipinski definition) is 0. The fourth-order valence-corrected chi connectivity index (χ4v) is 5.04. The van der Waals surface area contributed by atoms with Gasteiger partial charge in [0.05, 0.1) is 13.2 Å². The normalized spacial score (nSPS) is 58.5. The van der Waals surface area contributed by atoms with E-state index in [2.05, 4.69) is 22.6 Å². The van der Waals surface area contributed by atoms with Gasteiger partial charge in [-0.05, 0) is 24.7 Å². The van der Waals surface area contributed by atoms with Crippen molar-refractivity contribution in [1.29, 1.82) is 0 Å². The van der Waals surface area contributed by atoms with Gasteiger partial charge >= 0.3 is 0 Å². The van der Waals surface area contributed by atoms with Crippen molar-refractivity contribution in [2.45, 2.75) is 22.7 Å². The molecule has 0 unspecified atom stereocenters. The molecule has 0 atom stereocenters.